The van der Waals surface area contributed by atoms with E-state index < -0.39 is 30.0 Å². The maximum Gasteiger partial charge on any atom is 0.323 e. The second-order valence-electron chi connectivity index (χ2n) is 11.2. The zero-order valence-corrected chi connectivity index (χ0v) is 26.4. The highest BCUT2D eigenvalue weighted by Crippen LogP contribution is 2.52. The van der Waals surface area contributed by atoms with E-state index in [4.69, 9.17) is 23.2 Å². The van der Waals surface area contributed by atoms with Crippen LogP contribution in [0.4, 0.5) is 10.5 Å². The average Bonchev–Trinajstić information content (AvgIpc) is 3.69. The first-order valence-electron chi connectivity index (χ1n) is 14.6. The summed E-state index contributed by atoms with van der Waals surface area (Å²) in [6.07, 6.45) is 0. The summed E-state index contributed by atoms with van der Waals surface area (Å²) < 4.78 is 0. The summed E-state index contributed by atoms with van der Waals surface area (Å²) in [7, 11) is 0. The van der Waals surface area contributed by atoms with E-state index in [9.17, 15) is 14.4 Å². The van der Waals surface area contributed by atoms with Crippen LogP contribution in [0.5, 0.6) is 0 Å². The monoisotopic (exact) mass is 646 g/mol. The lowest BCUT2D eigenvalue weighted by Crippen LogP contribution is -2.55. The quantitative estimate of drug-likeness (QED) is 0.220. The molecule has 0 saturated carbocycles. The van der Waals surface area contributed by atoms with Gasteiger partial charge >= 0.3 is 6.03 Å². The van der Waals surface area contributed by atoms with Gasteiger partial charge in [-0.25, -0.2) is 4.79 Å². The molecule has 0 bridgehead atoms. The van der Waals surface area contributed by atoms with E-state index in [1.807, 2.05) is 66.9 Å². The average molecular weight is 648 g/mol. The summed E-state index contributed by atoms with van der Waals surface area (Å²) in [5.41, 5.74) is 3.08. The number of hydrogen-bond donors (Lipinski definition) is 2. The van der Waals surface area contributed by atoms with E-state index in [2.05, 4.69) is 10.6 Å². The van der Waals surface area contributed by atoms with Crippen LogP contribution in [0.3, 0.4) is 0 Å². The Bertz CT molecular complexity index is 1640. The maximum absolute atomic E-state index is 14.7. The summed E-state index contributed by atoms with van der Waals surface area (Å²) in [5.74, 6) is -1.72. The molecule has 1 aromatic heterocycles. The number of piperazine rings is 1. The predicted molar refractivity (Wildman–Crippen MR) is 176 cm³/mol. The van der Waals surface area contributed by atoms with Gasteiger partial charge in [-0.1, -0.05) is 65.7 Å². The molecule has 3 amide bonds. The highest BCUT2D eigenvalue weighted by atomic mass is 35.5. The highest BCUT2D eigenvalue weighted by molar-refractivity contribution is 7.12. The van der Waals surface area contributed by atoms with Crippen LogP contribution in [0.2, 0.25) is 10.0 Å². The van der Waals surface area contributed by atoms with Crippen molar-refractivity contribution in [1.82, 2.24) is 15.1 Å². The Hall–Kier alpha value is -3.69. The van der Waals surface area contributed by atoms with Gasteiger partial charge in [0, 0.05) is 47.8 Å². The Morgan fingerprint density at radius 1 is 0.864 bits per heavy atom. The van der Waals surface area contributed by atoms with Crippen LogP contribution in [0.15, 0.2) is 90.3 Å². The van der Waals surface area contributed by atoms with Crippen LogP contribution in [0, 0.1) is 12.8 Å². The number of urea groups is 1. The first kappa shape index (κ1) is 30.3. The number of nitrogens with one attached hydrogen (secondary N) is 2. The molecule has 4 unspecified atom stereocenters. The number of nitrogens with zero attached hydrogens (tertiary/aromatic N) is 2. The van der Waals surface area contributed by atoms with Crippen molar-refractivity contribution < 1.29 is 14.4 Å². The van der Waals surface area contributed by atoms with Crippen molar-refractivity contribution in [2.45, 2.75) is 24.9 Å². The molecule has 0 aliphatic carbocycles. The molecule has 10 heteroatoms. The largest absolute Gasteiger partial charge is 0.338 e. The number of halogens is 2. The molecule has 6 rings (SSSR count). The number of hydrogen-bond acceptors (Lipinski definition) is 5. The lowest BCUT2D eigenvalue weighted by atomic mass is 9.77. The van der Waals surface area contributed by atoms with Crippen molar-refractivity contribution in [3.8, 4) is 0 Å². The van der Waals surface area contributed by atoms with Gasteiger partial charge in [0.25, 0.3) is 0 Å². The Kier molecular flexibility index (Phi) is 9.05. The number of benzene rings is 3. The van der Waals surface area contributed by atoms with E-state index in [1.165, 1.54) is 11.3 Å². The van der Waals surface area contributed by atoms with Gasteiger partial charge in [-0.15, -0.1) is 11.3 Å². The van der Waals surface area contributed by atoms with Crippen molar-refractivity contribution in [3.05, 3.63) is 122 Å². The molecule has 2 N–H and O–H groups in total. The SMILES string of the molecule is Cc1cccc(NC(=O)N2C(C(=O)N3CCNCC3)C(c3ccc(Cl)cc3)C(C(=O)c3cccs3)C2c2ccc(Cl)cc2)c1. The Morgan fingerprint density at radius 3 is 2.14 bits per heavy atom. The van der Waals surface area contributed by atoms with Crippen LogP contribution >= 0.6 is 34.5 Å². The van der Waals surface area contributed by atoms with Gasteiger partial charge in [-0.3, -0.25) is 9.59 Å². The van der Waals surface area contributed by atoms with Crippen LogP contribution in [-0.2, 0) is 4.79 Å². The lowest BCUT2D eigenvalue weighted by Gasteiger charge is -2.36. The zero-order chi connectivity index (χ0) is 30.8. The van der Waals surface area contributed by atoms with Gasteiger partial charge < -0.3 is 20.4 Å². The van der Waals surface area contributed by atoms with Gasteiger partial charge in [-0.05, 0) is 71.5 Å². The van der Waals surface area contributed by atoms with Crippen molar-refractivity contribution in [1.29, 1.82) is 0 Å². The summed E-state index contributed by atoms with van der Waals surface area (Å²) in [6, 6.07) is 23.4. The Labute approximate surface area is 270 Å². The Morgan fingerprint density at radius 2 is 1.52 bits per heavy atom. The summed E-state index contributed by atoms with van der Waals surface area (Å²) in [5, 5.41) is 9.29. The van der Waals surface area contributed by atoms with E-state index >= 15 is 0 Å². The molecule has 44 heavy (non-hydrogen) atoms. The molecule has 4 aromatic rings. The number of rotatable bonds is 6. The number of carbonyl (C=O) groups is 3. The fourth-order valence-electron chi connectivity index (χ4n) is 6.41. The van der Waals surface area contributed by atoms with Gasteiger partial charge in [0.05, 0.1) is 16.8 Å². The lowest BCUT2D eigenvalue weighted by molar-refractivity contribution is -0.136. The number of anilines is 1. The van der Waals surface area contributed by atoms with E-state index in [0.29, 0.717) is 46.8 Å². The topological polar surface area (TPSA) is 81.8 Å². The first-order chi connectivity index (χ1) is 21.3. The third-order valence-corrected chi connectivity index (χ3v) is 9.77. The van der Waals surface area contributed by atoms with Crippen LogP contribution in [-0.4, -0.2) is 59.7 Å². The predicted octanol–water partition coefficient (Wildman–Crippen LogP) is 7.04. The minimum atomic E-state index is -0.964. The number of ketones is 1. The van der Waals surface area contributed by atoms with Crippen molar-refractivity contribution in [2.24, 2.45) is 5.92 Å². The molecule has 0 spiro atoms. The van der Waals surface area contributed by atoms with E-state index in [0.717, 1.165) is 16.7 Å². The maximum atomic E-state index is 14.7. The third kappa shape index (κ3) is 6.13. The van der Waals surface area contributed by atoms with Crippen LogP contribution in [0.1, 0.15) is 38.3 Å². The molecular weight excluding hydrogens is 615 g/mol. The zero-order valence-electron chi connectivity index (χ0n) is 24.1. The number of likely N-dealkylation sites (tertiary alicyclic amines) is 1. The molecule has 226 valence electrons. The first-order valence-corrected chi connectivity index (χ1v) is 16.2. The van der Waals surface area contributed by atoms with Crippen molar-refractivity contribution in [2.75, 3.05) is 31.5 Å². The smallest absolute Gasteiger partial charge is 0.323 e. The van der Waals surface area contributed by atoms with Gasteiger partial charge in [0.2, 0.25) is 5.91 Å². The number of aryl methyl sites for hydroxylation is 1. The van der Waals surface area contributed by atoms with E-state index in [-0.39, 0.29) is 11.7 Å². The third-order valence-electron chi connectivity index (χ3n) is 8.39. The summed E-state index contributed by atoms with van der Waals surface area (Å²) >= 11 is 14.0. The summed E-state index contributed by atoms with van der Waals surface area (Å²) in [6.45, 7) is 4.26. The Balaban J connectivity index is 1.56. The molecule has 2 aliphatic rings. The van der Waals surface area contributed by atoms with Gasteiger partial charge in [-0.2, -0.15) is 0 Å². The van der Waals surface area contributed by atoms with Crippen molar-refractivity contribution in [3.63, 3.8) is 0 Å². The minimum absolute atomic E-state index is 0.121. The van der Waals surface area contributed by atoms with Gasteiger partial charge in [0.15, 0.2) is 5.78 Å². The molecule has 0 radical (unpaired) electrons. The van der Waals surface area contributed by atoms with Crippen LogP contribution < -0.4 is 10.6 Å². The number of carbonyl (C=O) groups excluding carboxylic acids is 3. The molecule has 2 fully saturated rings. The molecule has 7 nitrogen and oxygen atoms in total. The molecule has 2 aliphatic heterocycles. The molecular formula is C34H32Cl2N4O3S. The molecule has 3 heterocycles. The van der Waals surface area contributed by atoms with Gasteiger partial charge in [0.1, 0.15) is 6.04 Å². The highest BCUT2D eigenvalue weighted by Gasteiger charge is 2.58. The fraction of sp³-hybridized carbons (Fsp3) is 0.265. The summed E-state index contributed by atoms with van der Waals surface area (Å²) in [4.78, 5) is 47.8. The molecule has 2 saturated heterocycles. The minimum Gasteiger partial charge on any atom is -0.338 e. The number of thiophene rings is 1. The van der Waals surface area contributed by atoms with Crippen molar-refractivity contribution >= 4 is 57.9 Å². The number of amides is 3. The van der Waals surface area contributed by atoms with E-state index in [1.54, 1.807) is 40.1 Å². The molecule has 3 aromatic carbocycles. The number of Topliss-reactive ketones (excluding diaryl/α,β-unsaturated/α-hetero) is 1. The normalized spacial score (nSPS) is 21.7. The standard InChI is InChI=1S/C34H32Cl2N4O3S/c1-21-4-2-5-26(20-21)38-34(43)40-30(23-9-13-25(36)14-10-23)29(32(41)27-6-3-19-44-27)28(22-7-11-24(35)12-8-22)31(40)33(42)39-17-15-37-16-18-39/h2-14,19-20,28-31,37H,15-18H2,1H3,(H,38,43). The fourth-order valence-corrected chi connectivity index (χ4v) is 7.38. The molecule has 4 atom stereocenters. The van der Waals surface area contributed by atoms with Crippen LogP contribution in [0.25, 0.3) is 0 Å². The second kappa shape index (κ2) is 13.1. The second-order valence-corrected chi connectivity index (χ2v) is 13.0.